The Labute approximate surface area is 157 Å². The van der Waals surface area contributed by atoms with E-state index in [2.05, 4.69) is 13.8 Å². The fourth-order valence-corrected chi connectivity index (χ4v) is 2.92. The van der Waals surface area contributed by atoms with Gasteiger partial charge in [-0.15, -0.1) is 0 Å². The van der Waals surface area contributed by atoms with Gasteiger partial charge in [0.1, 0.15) is 6.10 Å². The number of ether oxygens (including phenoxy) is 2. The minimum atomic E-state index is -0.493. The van der Waals surface area contributed by atoms with Crippen molar-refractivity contribution in [1.29, 1.82) is 0 Å². The Balaban J connectivity index is 3.09. The molecular weight excluding hydrogens is 312 g/mol. The Hall–Kier alpha value is -0.120. The summed E-state index contributed by atoms with van der Waals surface area (Å²) in [4.78, 5) is 0. The maximum Gasteiger partial charge on any atom is 0.101 e. The summed E-state index contributed by atoms with van der Waals surface area (Å²) in [5.74, 6) is 0.870. The minimum Gasteiger partial charge on any atom is -0.388 e. The maximum absolute atomic E-state index is 9.66. The summed E-state index contributed by atoms with van der Waals surface area (Å²) in [6.07, 6.45) is 16.0. The van der Waals surface area contributed by atoms with Crippen molar-refractivity contribution in [2.45, 2.75) is 117 Å². The van der Waals surface area contributed by atoms with Crippen LogP contribution in [0.5, 0.6) is 0 Å². The lowest BCUT2D eigenvalue weighted by molar-refractivity contribution is -0.0359. The number of aliphatic hydroxyl groups is 1. The Morgan fingerprint density at radius 3 is 1.60 bits per heavy atom. The molecule has 1 atom stereocenters. The van der Waals surface area contributed by atoms with Gasteiger partial charge in [-0.2, -0.15) is 0 Å². The normalized spacial score (nSPS) is 13.1. The average Bonchev–Trinajstić information content (AvgIpc) is 2.56. The first-order valence-electron chi connectivity index (χ1n) is 10.9. The van der Waals surface area contributed by atoms with Gasteiger partial charge in [-0.05, 0) is 26.2 Å². The summed E-state index contributed by atoms with van der Waals surface area (Å²) in [5.41, 5.74) is 0. The lowest BCUT2D eigenvalue weighted by Crippen LogP contribution is -2.23. The summed E-state index contributed by atoms with van der Waals surface area (Å²) < 4.78 is 10.9. The predicted octanol–water partition coefficient (Wildman–Crippen LogP) is 6.13. The topological polar surface area (TPSA) is 38.7 Å². The third-order valence-electron chi connectivity index (χ3n) is 4.50. The summed E-state index contributed by atoms with van der Waals surface area (Å²) >= 11 is 0. The first kappa shape index (κ1) is 24.9. The highest BCUT2D eigenvalue weighted by Crippen LogP contribution is 2.13. The zero-order chi connectivity index (χ0) is 18.8. The van der Waals surface area contributed by atoms with Crippen molar-refractivity contribution in [2.24, 2.45) is 5.92 Å². The van der Waals surface area contributed by atoms with Gasteiger partial charge in [0.2, 0.25) is 0 Å². The van der Waals surface area contributed by atoms with E-state index in [1.165, 1.54) is 70.6 Å². The van der Waals surface area contributed by atoms with Crippen molar-refractivity contribution >= 4 is 0 Å². The molecule has 152 valence electrons. The van der Waals surface area contributed by atoms with Crippen molar-refractivity contribution in [3.05, 3.63) is 0 Å². The Morgan fingerprint density at radius 1 is 0.640 bits per heavy atom. The molecule has 1 N–H and O–H groups in total. The van der Waals surface area contributed by atoms with Crippen LogP contribution in [-0.4, -0.2) is 37.1 Å². The van der Waals surface area contributed by atoms with Crippen LogP contribution in [0, 0.1) is 5.92 Å². The Kier molecular flexibility index (Phi) is 18.6. The van der Waals surface area contributed by atoms with E-state index >= 15 is 0 Å². The molecule has 25 heavy (non-hydrogen) atoms. The maximum atomic E-state index is 9.66. The molecular formula is C22H46O3. The minimum absolute atomic E-state index is 0.166. The smallest absolute Gasteiger partial charge is 0.101 e. The predicted molar refractivity (Wildman–Crippen MR) is 108 cm³/mol. The highest BCUT2D eigenvalue weighted by Gasteiger charge is 2.05. The summed E-state index contributed by atoms with van der Waals surface area (Å²) in [7, 11) is 0. The number of hydrogen-bond acceptors (Lipinski definition) is 3. The Bertz CT molecular complexity index is 254. The molecule has 3 heteroatoms. The van der Waals surface area contributed by atoms with Crippen LogP contribution >= 0.6 is 0 Å². The molecule has 0 fully saturated rings. The standard InChI is InChI=1S/C22H46O3/c1-20(2)16-14-12-10-8-6-5-7-9-11-13-15-17-24-18-22(23)19-25-21(3)4/h20-23H,5-19H2,1-4H3. The van der Waals surface area contributed by atoms with E-state index in [-0.39, 0.29) is 6.10 Å². The molecule has 0 heterocycles. The molecule has 0 aromatic rings. The first-order chi connectivity index (χ1) is 12.0. The van der Waals surface area contributed by atoms with Crippen LogP contribution in [0.25, 0.3) is 0 Å². The quantitative estimate of drug-likeness (QED) is 0.282. The number of rotatable bonds is 19. The van der Waals surface area contributed by atoms with Crippen LogP contribution in [0.2, 0.25) is 0 Å². The molecule has 0 saturated carbocycles. The average molecular weight is 359 g/mol. The van der Waals surface area contributed by atoms with Gasteiger partial charge in [0.25, 0.3) is 0 Å². The largest absolute Gasteiger partial charge is 0.388 e. The van der Waals surface area contributed by atoms with Gasteiger partial charge in [-0.1, -0.05) is 84.5 Å². The highest BCUT2D eigenvalue weighted by atomic mass is 16.5. The van der Waals surface area contributed by atoms with Crippen LogP contribution in [0.1, 0.15) is 105 Å². The van der Waals surface area contributed by atoms with Crippen LogP contribution in [0.4, 0.5) is 0 Å². The van der Waals surface area contributed by atoms with E-state index in [0.29, 0.717) is 13.2 Å². The van der Waals surface area contributed by atoms with Crippen molar-refractivity contribution < 1.29 is 14.6 Å². The van der Waals surface area contributed by atoms with Crippen LogP contribution < -0.4 is 0 Å². The first-order valence-corrected chi connectivity index (χ1v) is 10.9. The fraction of sp³-hybridized carbons (Fsp3) is 1.00. The van der Waals surface area contributed by atoms with Gasteiger partial charge in [-0.25, -0.2) is 0 Å². The highest BCUT2D eigenvalue weighted by molar-refractivity contribution is 4.53. The van der Waals surface area contributed by atoms with E-state index in [1.807, 2.05) is 13.8 Å². The van der Waals surface area contributed by atoms with Crippen molar-refractivity contribution in [3.8, 4) is 0 Å². The van der Waals surface area contributed by atoms with Crippen molar-refractivity contribution in [1.82, 2.24) is 0 Å². The summed E-state index contributed by atoms with van der Waals surface area (Å²) in [6.45, 7) is 10.1. The van der Waals surface area contributed by atoms with Gasteiger partial charge in [0, 0.05) is 6.61 Å². The van der Waals surface area contributed by atoms with Crippen molar-refractivity contribution in [3.63, 3.8) is 0 Å². The van der Waals surface area contributed by atoms with Crippen LogP contribution in [0.15, 0.2) is 0 Å². The molecule has 0 saturated heterocycles. The number of unbranched alkanes of at least 4 members (excludes halogenated alkanes) is 10. The second-order valence-electron chi connectivity index (χ2n) is 8.18. The third-order valence-corrected chi connectivity index (χ3v) is 4.50. The van der Waals surface area contributed by atoms with E-state index < -0.39 is 6.10 Å². The van der Waals surface area contributed by atoms with Crippen LogP contribution in [0.3, 0.4) is 0 Å². The molecule has 0 bridgehead atoms. The van der Waals surface area contributed by atoms with Gasteiger partial charge >= 0.3 is 0 Å². The monoisotopic (exact) mass is 358 g/mol. The van der Waals surface area contributed by atoms with Gasteiger partial charge < -0.3 is 14.6 Å². The third kappa shape index (κ3) is 21.8. The lowest BCUT2D eigenvalue weighted by atomic mass is 10.0. The molecule has 0 aliphatic rings. The lowest BCUT2D eigenvalue weighted by Gasteiger charge is -2.13. The van der Waals surface area contributed by atoms with E-state index in [9.17, 15) is 5.11 Å². The molecule has 3 nitrogen and oxygen atoms in total. The molecule has 0 spiro atoms. The van der Waals surface area contributed by atoms with E-state index in [0.717, 1.165) is 18.9 Å². The van der Waals surface area contributed by atoms with Gasteiger partial charge in [0.05, 0.1) is 19.3 Å². The van der Waals surface area contributed by atoms with Crippen molar-refractivity contribution in [2.75, 3.05) is 19.8 Å². The molecule has 0 rings (SSSR count). The molecule has 0 radical (unpaired) electrons. The molecule has 0 aromatic heterocycles. The zero-order valence-electron chi connectivity index (χ0n) is 17.6. The van der Waals surface area contributed by atoms with Crippen LogP contribution in [-0.2, 0) is 9.47 Å². The molecule has 0 amide bonds. The second kappa shape index (κ2) is 18.7. The van der Waals surface area contributed by atoms with Gasteiger partial charge in [-0.3, -0.25) is 0 Å². The Morgan fingerprint density at radius 2 is 1.12 bits per heavy atom. The molecule has 1 unspecified atom stereocenters. The molecule has 0 aromatic carbocycles. The fourth-order valence-electron chi connectivity index (χ4n) is 2.92. The number of aliphatic hydroxyl groups excluding tert-OH is 1. The summed E-state index contributed by atoms with van der Waals surface area (Å²) in [5, 5.41) is 9.66. The SMILES string of the molecule is CC(C)CCCCCCCCCCCCCOCC(O)COC(C)C. The second-order valence-corrected chi connectivity index (χ2v) is 8.18. The van der Waals surface area contributed by atoms with E-state index in [1.54, 1.807) is 0 Å². The van der Waals surface area contributed by atoms with Gasteiger partial charge in [0.15, 0.2) is 0 Å². The molecule has 0 aliphatic carbocycles. The van der Waals surface area contributed by atoms with E-state index in [4.69, 9.17) is 9.47 Å². The zero-order valence-corrected chi connectivity index (χ0v) is 17.6. The summed E-state index contributed by atoms with van der Waals surface area (Å²) in [6, 6.07) is 0. The molecule has 0 aliphatic heterocycles. The number of hydrogen-bond donors (Lipinski definition) is 1.